The number of hydrogen-bond donors (Lipinski definition) is 0. The third kappa shape index (κ3) is 4.79. The Balaban J connectivity index is 1.29. The zero-order valence-corrected chi connectivity index (χ0v) is 17.6. The van der Waals surface area contributed by atoms with Gasteiger partial charge in [-0.3, -0.25) is 9.59 Å². The number of rotatable bonds is 7. The van der Waals surface area contributed by atoms with Gasteiger partial charge in [-0.1, -0.05) is 12.1 Å². The molecule has 8 nitrogen and oxygen atoms in total. The van der Waals surface area contributed by atoms with Gasteiger partial charge >= 0.3 is 0 Å². The van der Waals surface area contributed by atoms with E-state index < -0.39 is 0 Å². The van der Waals surface area contributed by atoms with Crippen molar-refractivity contribution in [3.05, 3.63) is 65.1 Å². The fourth-order valence-corrected chi connectivity index (χ4v) is 3.79. The summed E-state index contributed by atoms with van der Waals surface area (Å²) in [6, 6.07) is 14.6. The minimum atomic E-state index is -0.187. The van der Waals surface area contributed by atoms with Gasteiger partial charge in [0, 0.05) is 45.2 Å². The van der Waals surface area contributed by atoms with Gasteiger partial charge < -0.3 is 19.0 Å². The first-order valence-corrected chi connectivity index (χ1v) is 10.4. The molecule has 0 atom stereocenters. The lowest BCUT2D eigenvalue weighted by Crippen LogP contribution is -2.48. The normalized spacial score (nSPS) is 14.0. The average molecular weight is 422 g/mol. The number of anilines is 1. The van der Waals surface area contributed by atoms with Crippen LogP contribution in [0.1, 0.15) is 12.8 Å². The topological polar surface area (TPSA) is 80.8 Å². The minimum Gasteiger partial charge on any atom is -0.495 e. The van der Waals surface area contributed by atoms with Crippen molar-refractivity contribution >= 4 is 11.6 Å². The van der Waals surface area contributed by atoms with Crippen molar-refractivity contribution < 1.29 is 13.9 Å². The van der Waals surface area contributed by atoms with Crippen molar-refractivity contribution in [2.75, 3.05) is 38.2 Å². The van der Waals surface area contributed by atoms with Gasteiger partial charge in [0.2, 0.25) is 5.91 Å². The number of hydrogen-bond acceptors (Lipinski definition) is 6. The Morgan fingerprint density at radius 1 is 1.06 bits per heavy atom. The second kappa shape index (κ2) is 9.51. The Morgan fingerprint density at radius 2 is 1.87 bits per heavy atom. The number of amides is 1. The lowest BCUT2D eigenvalue weighted by Gasteiger charge is -2.36. The van der Waals surface area contributed by atoms with Crippen molar-refractivity contribution in [2.24, 2.45) is 0 Å². The van der Waals surface area contributed by atoms with E-state index in [2.05, 4.69) is 10.00 Å². The second-order valence-corrected chi connectivity index (χ2v) is 7.40. The highest BCUT2D eigenvalue weighted by Crippen LogP contribution is 2.28. The zero-order valence-electron chi connectivity index (χ0n) is 17.6. The van der Waals surface area contributed by atoms with Crippen LogP contribution in [0.25, 0.3) is 11.5 Å². The summed E-state index contributed by atoms with van der Waals surface area (Å²) in [6.45, 7) is 3.25. The molecular formula is C23H26N4O4. The molecule has 0 aliphatic carbocycles. The number of para-hydroxylation sites is 2. The van der Waals surface area contributed by atoms with Crippen LogP contribution in [0.2, 0.25) is 0 Å². The molecule has 0 N–H and O–H groups in total. The van der Waals surface area contributed by atoms with E-state index in [1.54, 1.807) is 31.6 Å². The summed E-state index contributed by atoms with van der Waals surface area (Å²) in [5.74, 6) is 1.56. The first-order chi connectivity index (χ1) is 15.2. The maximum absolute atomic E-state index is 12.7. The number of furan rings is 1. The van der Waals surface area contributed by atoms with Crippen LogP contribution < -0.4 is 15.2 Å². The predicted molar refractivity (Wildman–Crippen MR) is 117 cm³/mol. The molecule has 0 radical (unpaired) electrons. The predicted octanol–water partition coefficient (Wildman–Crippen LogP) is 2.64. The fourth-order valence-electron chi connectivity index (χ4n) is 3.79. The smallest absolute Gasteiger partial charge is 0.266 e. The highest BCUT2D eigenvalue weighted by atomic mass is 16.5. The molecule has 1 amide bonds. The highest BCUT2D eigenvalue weighted by molar-refractivity contribution is 5.76. The molecule has 31 heavy (non-hydrogen) atoms. The summed E-state index contributed by atoms with van der Waals surface area (Å²) >= 11 is 0. The van der Waals surface area contributed by atoms with E-state index in [-0.39, 0.29) is 11.5 Å². The summed E-state index contributed by atoms with van der Waals surface area (Å²) in [5.41, 5.74) is 1.47. The monoisotopic (exact) mass is 422 g/mol. The Kier molecular flexibility index (Phi) is 6.35. The molecular weight excluding hydrogens is 396 g/mol. The van der Waals surface area contributed by atoms with Gasteiger partial charge in [0.1, 0.15) is 11.4 Å². The van der Waals surface area contributed by atoms with Crippen LogP contribution in [0.15, 0.2) is 64.0 Å². The quantitative estimate of drug-likeness (QED) is 0.582. The maximum Gasteiger partial charge on any atom is 0.266 e. The molecule has 2 aromatic heterocycles. The molecule has 3 aromatic rings. The molecule has 0 unspecified atom stereocenters. The van der Waals surface area contributed by atoms with Gasteiger partial charge in [-0.25, -0.2) is 4.68 Å². The number of carbonyl (C=O) groups is 1. The molecule has 1 aromatic carbocycles. The van der Waals surface area contributed by atoms with Crippen LogP contribution in [0.4, 0.5) is 5.69 Å². The minimum absolute atomic E-state index is 0.106. The first-order valence-electron chi connectivity index (χ1n) is 10.4. The summed E-state index contributed by atoms with van der Waals surface area (Å²) in [7, 11) is 1.67. The van der Waals surface area contributed by atoms with Gasteiger partial charge in [-0.15, -0.1) is 0 Å². The van der Waals surface area contributed by atoms with E-state index in [1.807, 2.05) is 29.2 Å². The highest BCUT2D eigenvalue weighted by Gasteiger charge is 2.22. The third-order valence-corrected chi connectivity index (χ3v) is 5.46. The fraction of sp³-hybridized carbons (Fsp3) is 0.348. The van der Waals surface area contributed by atoms with Crippen LogP contribution in [0.3, 0.4) is 0 Å². The number of piperazine rings is 1. The molecule has 3 heterocycles. The van der Waals surface area contributed by atoms with Gasteiger partial charge in [0.15, 0.2) is 5.76 Å². The number of ether oxygens (including phenoxy) is 1. The van der Waals surface area contributed by atoms with Crippen molar-refractivity contribution in [2.45, 2.75) is 19.4 Å². The Bertz CT molecular complexity index is 1070. The van der Waals surface area contributed by atoms with Gasteiger partial charge in [-0.05, 0) is 36.8 Å². The van der Waals surface area contributed by atoms with E-state index in [0.29, 0.717) is 43.9 Å². The van der Waals surface area contributed by atoms with E-state index in [4.69, 9.17) is 9.15 Å². The molecule has 162 valence electrons. The molecule has 1 aliphatic heterocycles. The van der Waals surface area contributed by atoms with Crippen molar-refractivity contribution in [1.82, 2.24) is 14.7 Å². The summed E-state index contributed by atoms with van der Waals surface area (Å²) in [5, 5.41) is 4.35. The summed E-state index contributed by atoms with van der Waals surface area (Å²) in [6.07, 6.45) is 2.51. The summed E-state index contributed by atoms with van der Waals surface area (Å²) in [4.78, 5) is 28.9. The van der Waals surface area contributed by atoms with Crippen LogP contribution in [-0.4, -0.2) is 53.9 Å². The number of aryl methyl sites for hydroxylation is 1. The maximum atomic E-state index is 12.7. The van der Waals surface area contributed by atoms with Crippen LogP contribution in [0, 0.1) is 0 Å². The van der Waals surface area contributed by atoms with E-state index >= 15 is 0 Å². The molecule has 0 bridgehead atoms. The summed E-state index contributed by atoms with van der Waals surface area (Å²) < 4.78 is 12.2. The van der Waals surface area contributed by atoms with Crippen molar-refractivity contribution in [1.29, 1.82) is 0 Å². The standard InChI is InChI=1S/C23H26N4O4/c1-30-21-7-3-2-6-19(21)25-13-15-26(16-14-25)22(28)9-4-12-27-23(29)11-10-18(24-27)20-8-5-17-31-20/h2-3,5-8,10-11,17H,4,9,12-16H2,1H3. The number of carbonyl (C=O) groups excluding carboxylic acids is 1. The number of benzene rings is 1. The zero-order chi connectivity index (χ0) is 21.6. The molecule has 1 saturated heterocycles. The Hall–Kier alpha value is -3.55. The van der Waals surface area contributed by atoms with E-state index in [0.717, 1.165) is 24.5 Å². The van der Waals surface area contributed by atoms with E-state index in [1.165, 1.54) is 10.7 Å². The van der Waals surface area contributed by atoms with Gasteiger partial charge in [0.05, 0.1) is 19.1 Å². The van der Waals surface area contributed by atoms with Gasteiger partial charge in [0.25, 0.3) is 5.56 Å². The molecule has 0 spiro atoms. The number of nitrogens with zero attached hydrogens (tertiary/aromatic N) is 4. The second-order valence-electron chi connectivity index (χ2n) is 7.40. The molecule has 1 aliphatic rings. The first kappa shape index (κ1) is 20.7. The van der Waals surface area contributed by atoms with Crippen LogP contribution in [0.5, 0.6) is 5.75 Å². The van der Waals surface area contributed by atoms with Crippen molar-refractivity contribution in [3.63, 3.8) is 0 Å². The largest absolute Gasteiger partial charge is 0.495 e. The third-order valence-electron chi connectivity index (χ3n) is 5.46. The molecule has 1 fully saturated rings. The Morgan fingerprint density at radius 3 is 2.61 bits per heavy atom. The van der Waals surface area contributed by atoms with E-state index in [9.17, 15) is 9.59 Å². The SMILES string of the molecule is COc1ccccc1N1CCN(C(=O)CCCn2nc(-c3ccco3)ccc2=O)CC1. The van der Waals surface area contributed by atoms with Crippen LogP contribution >= 0.6 is 0 Å². The average Bonchev–Trinajstić information content (AvgIpc) is 3.35. The molecule has 4 rings (SSSR count). The molecule has 8 heteroatoms. The Labute approximate surface area is 180 Å². The lowest BCUT2D eigenvalue weighted by molar-refractivity contribution is -0.131. The number of methoxy groups -OCH3 is 1. The molecule has 0 saturated carbocycles. The van der Waals surface area contributed by atoms with Crippen LogP contribution in [-0.2, 0) is 11.3 Å². The van der Waals surface area contributed by atoms with Crippen molar-refractivity contribution in [3.8, 4) is 17.2 Å². The lowest BCUT2D eigenvalue weighted by atomic mass is 10.2. The van der Waals surface area contributed by atoms with Gasteiger partial charge in [-0.2, -0.15) is 5.10 Å². The number of aromatic nitrogens is 2.